The monoisotopic (exact) mass is 1100 g/mol. The van der Waals surface area contributed by atoms with E-state index in [2.05, 4.69) is 19.2 Å². The van der Waals surface area contributed by atoms with Crippen molar-refractivity contribution in [1.82, 2.24) is 5.32 Å². The van der Waals surface area contributed by atoms with Gasteiger partial charge in [0.25, 0.3) is 0 Å². The Balaban J connectivity index is 3.99. The number of aliphatic hydroxyl groups excluding tert-OH is 1. The van der Waals surface area contributed by atoms with Crippen molar-refractivity contribution < 1.29 is 32.9 Å². The molecule has 0 heterocycles. The van der Waals surface area contributed by atoms with Gasteiger partial charge in [-0.2, -0.15) is 0 Å². The molecule has 0 radical (unpaired) electrons. The standard InChI is InChI=1S/C67H137N2O6P/c1-6-8-10-12-14-16-18-20-22-24-26-28-30-31-32-33-34-35-36-37-39-40-42-44-46-48-50-52-54-56-58-60-66(70)65(64-75-76(72,73)74-63-62-69(3,4)5)68-67(71)61-59-57-55-53-51-49-47-45-43-41-38-29-27-25-23-21-19-17-15-13-11-9-7-2/h65-66,70H,6-64H2,1-5H3,(H-,68,71,72,73)/p+1. The zero-order valence-electron chi connectivity index (χ0n) is 52.3. The van der Waals surface area contributed by atoms with Gasteiger partial charge in [-0.3, -0.25) is 13.8 Å². The fourth-order valence-corrected chi connectivity index (χ4v) is 11.7. The van der Waals surface area contributed by atoms with Crippen LogP contribution < -0.4 is 5.32 Å². The van der Waals surface area contributed by atoms with Crippen molar-refractivity contribution >= 4 is 13.7 Å². The Morgan fingerprint density at radius 2 is 0.632 bits per heavy atom. The molecule has 3 atom stereocenters. The Labute approximate surface area is 476 Å². The summed E-state index contributed by atoms with van der Waals surface area (Å²) in [5.41, 5.74) is 0. The summed E-state index contributed by atoms with van der Waals surface area (Å²) in [6.07, 6.45) is 73.5. The summed E-state index contributed by atoms with van der Waals surface area (Å²) in [6, 6.07) is -0.756. The molecule has 0 saturated carbocycles. The van der Waals surface area contributed by atoms with Gasteiger partial charge in [0.05, 0.1) is 39.9 Å². The zero-order chi connectivity index (χ0) is 55.6. The number of carbonyl (C=O) groups is 1. The zero-order valence-corrected chi connectivity index (χ0v) is 53.2. The third-order valence-corrected chi connectivity index (χ3v) is 17.3. The highest BCUT2D eigenvalue weighted by atomic mass is 31.2. The average Bonchev–Trinajstić information content (AvgIpc) is 3.38. The normalized spacial score (nSPS) is 13.6. The lowest BCUT2D eigenvalue weighted by Gasteiger charge is -2.26. The lowest BCUT2D eigenvalue weighted by Crippen LogP contribution is -2.46. The minimum atomic E-state index is -4.32. The highest BCUT2D eigenvalue weighted by Crippen LogP contribution is 2.43. The average molecular weight is 1100 g/mol. The van der Waals surface area contributed by atoms with E-state index in [1.165, 1.54) is 308 Å². The molecule has 0 aromatic carbocycles. The van der Waals surface area contributed by atoms with Crippen LogP contribution in [0.25, 0.3) is 0 Å². The number of rotatable bonds is 65. The molecule has 0 rings (SSSR count). The molecule has 1 amide bonds. The highest BCUT2D eigenvalue weighted by Gasteiger charge is 2.28. The molecule has 9 heteroatoms. The second kappa shape index (κ2) is 59.1. The lowest BCUT2D eigenvalue weighted by molar-refractivity contribution is -0.870. The topological polar surface area (TPSA) is 105 Å². The van der Waals surface area contributed by atoms with Crippen molar-refractivity contribution in [3.63, 3.8) is 0 Å². The summed E-state index contributed by atoms with van der Waals surface area (Å²) in [5, 5.41) is 14.1. The van der Waals surface area contributed by atoms with Crippen LogP contribution in [0.15, 0.2) is 0 Å². The van der Waals surface area contributed by atoms with Crippen molar-refractivity contribution in [3.05, 3.63) is 0 Å². The molecular weight excluding hydrogens is 960 g/mol. The molecule has 3 unspecified atom stereocenters. The fraction of sp³-hybridized carbons (Fsp3) is 0.985. The molecule has 0 spiro atoms. The van der Waals surface area contributed by atoms with Gasteiger partial charge in [0, 0.05) is 6.42 Å². The Hall–Kier alpha value is -0.500. The van der Waals surface area contributed by atoms with Crippen molar-refractivity contribution in [2.24, 2.45) is 0 Å². The predicted octanol–water partition coefficient (Wildman–Crippen LogP) is 21.6. The van der Waals surface area contributed by atoms with E-state index in [1.807, 2.05) is 21.1 Å². The first kappa shape index (κ1) is 75.5. The first-order valence-electron chi connectivity index (χ1n) is 34.4. The van der Waals surface area contributed by atoms with Crippen molar-refractivity contribution in [1.29, 1.82) is 0 Å². The van der Waals surface area contributed by atoms with Crippen LogP contribution in [0, 0.1) is 0 Å². The quantitative estimate of drug-likeness (QED) is 0.0318. The largest absolute Gasteiger partial charge is 0.472 e. The number of hydrogen-bond donors (Lipinski definition) is 3. The van der Waals surface area contributed by atoms with Crippen LogP contribution in [0.4, 0.5) is 0 Å². The maximum Gasteiger partial charge on any atom is 0.472 e. The number of nitrogens with one attached hydrogen (secondary N) is 1. The van der Waals surface area contributed by atoms with E-state index in [4.69, 9.17) is 9.05 Å². The number of phosphoric ester groups is 1. The molecule has 0 saturated heterocycles. The summed E-state index contributed by atoms with van der Waals surface area (Å²) in [6.45, 7) is 4.97. The molecule has 0 aromatic rings. The van der Waals surface area contributed by atoms with E-state index in [0.717, 1.165) is 38.5 Å². The van der Waals surface area contributed by atoms with E-state index < -0.39 is 20.0 Å². The molecule has 0 aliphatic carbocycles. The van der Waals surface area contributed by atoms with Gasteiger partial charge in [-0.1, -0.05) is 354 Å². The van der Waals surface area contributed by atoms with E-state index in [9.17, 15) is 19.4 Å². The third-order valence-electron chi connectivity index (χ3n) is 16.4. The van der Waals surface area contributed by atoms with Gasteiger partial charge < -0.3 is 19.8 Å². The number of unbranched alkanes of at least 4 members (excludes halogenated alkanes) is 52. The van der Waals surface area contributed by atoms with Crippen molar-refractivity contribution in [2.75, 3.05) is 40.9 Å². The summed E-state index contributed by atoms with van der Waals surface area (Å²) in [7, 11) is 1.64. The summed E-state index contributed by atoms with van der Waals surface area (Å²) >= 11 is 0. The third kappa shape index (κ3) is 61.1. The van der Waals surface area contributed by atoms with Crippen LogP contribution in [0.2, 0.25) is 0 Å². The first-order chi connectivity index (χ1) is 37.0. The van der Waals surface area contributed by atoms with Gasteiger partial charge in [-0.05, 0) is 12.8 Å². The molecule has 8 nitrogen and oxygen atoms in total. The smallest absolute Gasteiger partial charge is 0.391 e. The van der Waals surface area contributed by atoms with Crippen LogP contribution >= 0.6 is 7.82 Å². The maximum atomic E-state index is 13.1. The number of hydrogen-bond acceptors (Lipinski definition) is 5. The van der Waals surface area contributed by atoms with Crippen LogP contribution in [-0.2, 0) is 18.4 Å². The number of carbonyl (C=O) groups excluding carboxylic acids is 1. The molecule has 0 fully saturated rings. The Kier molecular flexibility index (Phi) is 58.7. The molecule has 0 bridgehead atoms. The number of nitrogens with zero attached hydrogens (tertiary/aromatic N) is 1. The maximum absolute atomic E-state index is 13.1. The fourth-order valence-electron chi connectivity index (χ4n) is 11.0. The van der Waals surface area contributed by atoms with E-state index >= 15 is 0 Å². The van der Waals surface area contributed by atoms with Crippen LogP contribution in [0.1, 0.15) is 373 Å². The highest BCUT2D eigenvalue weighted by molar-refractivity contribution is 7.47. The first-order valence-corrected chi connectivity index (χ1v) is 35.9. The van der Waals surface area contributed by atoms with Crippen molar-refractivity contribution in [2.45, 2.75) is 386 Å². The van der Waals surface area contributed by atoms with Crippen LogP contribution in [-0.4, -0.2) is 73.4 Å². The number of aliphatic hydroxyl groups is 1. The van der Waals surface area contributed by atoms with Gasteiger partial charge in [0.15, 0.2) is 0 Å². The second-order valence-electron chi connectivity index (χ2n) is 25.3. The number of amides is 1. The van der Waals surface area contributed by atoms with E-state index in [1.54, 1.807) is 0 Å². The Morgan fingerprint density at radius 3 is 0.882 bits per heavy atom. The van der Waals surface area contributed by atoms with Crippen molar-refractivity contribution in [3.8, 4) is 0 Å². The minimum absolute atomic E-state index is 0.0794. The summed E-state index contributed by atoms with van der Waals surface area (Å²) < 4.78 is 23.9. The lowest BCUT2D eigenvalue weighted by atomic mass is 10.0. The molecular formula is C67H138N2O6P+. The van der Waals surface area contributed by atoms with Gasteiger partial charge in [0.1, 0.15) is 13.2 Å². The molecule has 456 valence electrons. The predicted molar refractivity (Wildman–Crippen MR) is 332 cm³/mol. The molecule has 3 N–H and O–H groups in total. The number of quaternary nitrogens is 1. The Morgan fingerprint density at radius 1 is 0.395 bits per heavy atom. The van der Waals surface area contributed by atoms with E-state index in [-0.39, 0.29) is 19.1 Å². The Bertz CT molecular complexity index is 1200. The van der Waals surface area contributed by atoms with Gasteiger partial charge >= 0.3 is 7.82 Å². The van der Waals surface area contributed by atoms with Gasteiger partial charge in [-0.15, -0.1) is 0 Å². The van der Waals surface area contributed by atoms with Crippen LogP contribution in [0.5, 0.6) is 0 Å². The van der Waals surface area contributed by atoms with E-state index in [0.29, 0.717) is 23.9 Å². The summed E-state index contributed by atoms with van der Waals surface area (Å²) in [4.78, 5) is 23.4. The number of phosphoric acid groups is 1. The van der Waals surface area contributed by atoms with Crippen LogP contribution in [0.3, 0.4) is 0 Å². The minimum Gasteiger partial charge on any atom is -0.391 e. The van der Waals surface area contributed by atoms with Gasteiger partial charge in [-0.25, -0.2) is 4.57 Å². The molecule has 76 heavy (non-hydrogen) atoms. The van der Waals surface area contributed by atoms with Gasteiger partial charge in [0.2, 0.25) is 5.91 Å². The summed E-state index contributed by atoms with van der Waals surface area (Å²) in [5.74, 6) is -0.134. The second-order valence-corrected chi connectivity index (χ2v) is 26.7. The molecule has 0 aromatic heterocycles. The molecule has 0 aliphatic heterocycles. The number of likely N-dealkylation sites (N-methyl/N-ethyl adjacent to an activating group) is 1. The molecule has 0 aliphatic rings. The SMILES string of the molecule is CCCCCCCCCCCCCCCCCCCCCCCCCCCCCCCCCC(O)C(COP(=O)(O)OCC[N+](C)(C)C)NC(=O)CCCCCCCCCCCCCCCCCCCCCCCCC.